The van der Waals surface area contributed by atoms with Crippen LogP contribution in [0.4, 0.5) is 11.4 Å². The van der Waals surface area contributed by atoms with Crippen molar-refractivity contribution in [1.82, 2.24) is 4.90 Å². The van der Waals surface area contributed by atoms with Crippen molar-refractivity contribution in [2.24, 2.45) is 0 Å². The number of benzene rings is 2. The summed E-state index contributed by atoms with van der Waals surface area (Å²) in [7, 11) is 3.52. The van der Waals surface area contributed by atoms with Crippen molar-refractivity contribution in [3.05, 3.63) is 60.2 Å². The normalized spacial score (nSPS) is 10.3. The summed E-state index contributed by atoms with van der Waals surface area (Å²) in [5.41, 5.74) is 2.88. The molecule has 0 aliphatic heterocycles. The highest BCUT2D eigenvalue weighted by atomic mass is 16.2. The maximum atomic E-state index is 12.3. The summed E-state index contributed by atoms with van der Waals surface area (Å²) in [5, 5.41) is 2.93. The van der Waals surface area contributed by atoms with Crippen LogP contribution >= 0.6 is 0 Å². The first-order chi connectivity index (χ1) is 12.5. The van der Waals surface area contributed by atoms with Gasteiger partial charge in [-0.25, -0.2) is 0 Å². The van der Waals surface area contributed by atoms with Crippen LogP contribution in [0.3, 0.4) is 0 Å². The first-order valence-corrected chi connectivity index (χ1v) is 8.88. The summed E-state index contributed by atoms with van der Waals surface area (Å²) in [6, 6.07) is 17.6. The lowest BCUT2D eigenvalue weighted by Crippen LogP contribution is -2.33. The quantitative estimate of drug-likeness (QED) is 0.793. The maximum absolute atomic E-state index is 12.3. The van der Waals surface area contributed by atoms with E-state index in [4.69, 9.17) is 0 Å². The number of hydrogen-bond donors (Lipinski definition) is 1. The molecule has 0 bridgehead atoms. The van der Waals surface area contributed by atoms with Crippen molar-refractivity contribution in [2.45, 2.75) is 19.8 Å². The molecule has 0 aliphatic rings. The van der Waals surface area contributed by atoms with Gasteiger partial charge in [0, 0.05) is 38.4 Å². The van der Waals surface area contributed by atoms with E-state index in [0.29, 0.717) is 19.4 Å². The molecule has 0 atom stereocenters. The van der Waals surface area contributed by atoms with Crippen LogP contribution in [0.15, 0.2) is 54.6 Å². The first-order valence-electron chi connectivity index (χ1n) is 8.88. The summed E-state index contributed by atoms with van der Waals surface area (Å²) >= 11 is 0. The molecule has 2 aromatic rings. The Balaban J connectivity index is 1.87. The number of carbonyl (C=O) groups excluding carboxylic acids is 2. The van der Waals surface area contributed by atoms with E-state index in [9.17, 15) is 9.59 Å². The van der Waals surface area contributed by atoms with Crippen LogP contribution < -0.4 is 10.2 Å². The fraction of sp³-hybridized carbons (Fsp3) is 0.333. The van der Waals surface area contributed by atoms with E-state index in [1.165, 1.54) is 0 Å². The zero-order chi connectivity index (χ0) is 18.9. The molecule has 0 radical (unpaired) electrons. The summed E-state index contributed by atoms with van der Waals surface area (Å²) < 4.78 is 0. The van der Waals surface area contributed by atoms with E-state index in [2.05, 4.69) is 5.32 Å². The van der Waals surface area contributed by atoms with Gasteiger partial charge in [-0.2, -0.15) is 0 Å². The van der Waals surface area contributed by atoms with Crippen molar-refractivity contribution < 1.29 is 9.59 Å². The molecule has 5 nitrogen and oxygen atoms in total. The molecule has 5 heteroatoms. The van der Waals surface area contributed by atoms with Gasteiger partial charge in [-0.05, 0) is 43.2 Å². The fourth-order valence-electron chi connectivity index (χ4n) is 2.63. The molecular weight excluding hydrogens is 326 g/mol. The van der Waals surface area contributed by atoms with Crippen LogP contribution in [0.5, 0.6) is 0 Å². The Morgan fingerprint density at radius 1 is 0.962 bits per heavy atom. The van der Waals surface area contributed by atoms with Gasteiger partial charge in [0.15, 0.2) is 0 Å². The van der Waals surface area contributed by atoms with Gasteiger partial charge in [0.1, 0.15) is 0 Å². The Bertz CT molecular complexity index is 712. The summed E-state index contributed by atoms with van der Waals surface area (Å²) in [4.78, 5) is 27.6. The number of nitrogens with zero attached hydrogens (tertiary/aromatic N) is 2. The minimum Gasteiger partial charge on any atom is -0.362 e. The minimum absolute atomic E-state index is 0.0498. The molecule has 2 rings (SSSR count). The highest BCUT2D eigenvalue weighted by Crippen LogP contribution is 2.14. The van der Waals surface area contributed by atoms with Crippen LogP contribution in [0, 0.1) is 0 Å². The smallest absolute Gasteiger partial charge is 0.243 e. The Morgan fingerprint density at radius 2 is 1.62 bits per heavy atom. The summed E-state index contributed by atoms with van der Waals surface area (Å²) in [5.74, 6) is 0.0641. The predicted molar refractivity (Wildman–Crippen MR) is 106 cm³/mol. The van der Waals surface area contributed by atoms with Crippen molar-refractivity contribution in [2.75, 3.05) is 37.4 Å². The second-order valence-electron chi connectivity index (χ2n) is 6.38. The largest absolute Gasteiger partial charge is 0.362 e. The minimum atomic E-state index is -0.0498. The monoisotopic (exact) mass is 353 g/mol. The van der Waals surface area contributed by atoms with Gasteiger partial charge < -0.3 is 15.1 Å². The number of nitrogens with one attached hydrogen (secondary N) is 1. The molecule has 2 aromatic carbocycles. The standard InChI is InChI=1S/C21H27N3O2/c1-4-24(19-8-6-5-7-9-19)16-20(25)22-18-13-10-17(11-14-18)12-15-21(26)23(2)3/h5-11,13-14H,4,12,15-16H2,1-3H3,(H,22,25). The zero-order valence-electron chi connectivity index (χ0n) is 15.7. The van der Waals surface area contributed by atoms with Crippen LogP contribution in [0.25, 0.3) is 0 Å². The van der Waals surface area contributed by atoms with E-state index in [1.54, 1.807) is 19.0 Å². The van der Waals surface area contributed by atoms with E-state index >= 15 is 0 Å². The molecule has 26 heavy (non-hydrogen) atoms. The number of aryl methyl sites for hydroxylation is 1. The molecule has 138 valence electrons. The molecule has 0 aliphatic carbocycles. The summed E-state index contributed by atoms with van der Waals surface area (Å²) in [6.45, 7) is 3.10. The van der Waals surface area contributed by atoms with E-state index in [1.807, 2.05) is 66.4 Å². The molecule has 0 aromatic heterocycles. The van der Waals surface area contributed by atoms with E-state index in [0.717, 1.165) is 23.5 Å². The SMILES string of the molecule is CCN(CC(=O)Nc1ccc(CCC(=O)N(C)C)cc1)c1ccccc1. The highest BCUT2D eigenvalue weighted by Gasteiger charge is 2.10. The van der Waals surface area contributed by atoms with E-state index in [-0.39, 0.29) is 11.8 Å². The first kappa shape index (κ1) is 19.5. The lowest BCUT2D eigenvalue weighted by atomic mass is 10.1. The number of likely N-dealkylation sites (N-methyl/N-ethyl adjacent to an activating group) is 1. The molecule has 2 amide bonds. The number of carbonyl (C=O) groups is 2. The van der Waals surface area contributed by atoms with E-state index < -0.39 is 0 Å². The zero-order valence-corrected chi connectivity index (χ0v) is 15.7. The molecular formula is C21H27N3O2. The van der Waals surface area contributed by atoms with Gasteiger partial charge in [0.2, 0.25) is 11.8 Å². The van der Waals surface area contributed by atoms with Crippen LogP contribution in [0.1, 0.15) is 18.9 Å². The second kappa shape index (κ2) is 9.61. The number of anilines is 2. The molecule has 1 N–H and O–H groups in total. The lowest BCUT2D eigenvalue weighted by molar-refractivity contribution is -0.128. The summed E-state index contributed by atoms with van der Waals surface area (Å²) in [6.07, 6.45) is 1.18. The number of hydrogen-bond acceptors (Lipinski definition) is 3. The Labute approximate surface area is 155 Å². The third kappa shape index (κ3) is 5.92. The maximum Gasteiger partial charge on any atom is 0.243 e. The average molecular weight is 353 g/mol. The molecule has 0 fully saturated rings. The van der Waals surface area contributed by atoms with Crippen molar-refractivity contribution in [3.8, 4) is 0 Å². The fourth-order valence-corrected chi connectivity index (χ4v) is 2.63. The topological polar surface area (TPSA) is 52.7 Å². The molecule has 0 heterocycles. The van der Waals surface area contributed by atoms with Crippen molar-refractivity contribution in [1.29, 1.82) is 0 Å². The van der Waals surface area contributed by atoms with Crippen LogP contribution in [0.2, 0.25) is 0 Å². The molecule has 0 saturated heterocycles. The second-order valence-corrected chi connectivity index (χ2v) is 6.38. The van der Waals surface area contributed by atoms with Gasteiger partial charge in [-0.3, -0.25) is 9.59 Å². The Kier molecular flexibility index (Phi) is 7.21. The highest BCUT2D eigenvalue weighted by molar-refractivity contribution is 5.94. The van der Waals surface area contributed by atoms with Gasteiger partial charge in [0.25, 0.3) is 0 Å². The van der Waals surface area contributed by atoms with Crippen molar-refractivity contribution in [3.63, 3.8) is 0 Å². The van der Waals surface area contributed by atoms with Gasteiger partial charge in [-0.1, -0.05) is 30.3 Å². The third-order valence-electron chi connectivity index (χ3n) is 4.20. The van der Waals surface area contributed by atoms with Crippen LogP contribution in [-0.2, 0) is 16.0 Å². The lowest BCUT2D eigenvalue weighted by Gasteiger charge is -2.22. The number of amides is 2. The van der Waals surface area contributed by atoms with Crippen LogP contribution in [-0.4, -0.2) is 43.9 Å². The third-order valence-corrected chi connectivity index (χ3v) is 4.20. The van der Waals surface area contributed by atoms with Gasteiger partial charge >= 0.3 is 0 Å². The van der Waals surface area contributed by atoms with Crippen molar-refractivity contribution >= 4 is 23.2 Å². The number of rotatable bonds is 8. The van der Waals surface area contributed by atoms with Gasteiger partial charge in [-0.15, -0.1) is 0 Å². The molecule has 0 saturated carbocycles. The number of para-hydroxylation sites is 1. The predicted octanol–water partition coefficient (Wildman–Crippen LogP) is 3.17. The Morgan fingerprint density at radius 3 is 2.19 bits per heavy atom. The molecule has 0 unspecified atom stereocenters. The average Bonchev–Trinajstić information content (AvgIpc) is 2.65. The van der Waals surface area contributed by atoms with Gasteiger partial charge in [0.05, 0.1) is 6.54 Å². The Hall–Kier alpha value is -2.82. The molecule has 0 spiro atoms.